The molecule has 1 aromatic heterocycles. The van der Waals surface area contributed by atoms with Gasteiger partial charge < -0.3 is 34.1 Å². The summed E-state index contributed by atoms with van der Waals surface area (Å²) in [6.45, 7) is 12.8. The summed E-state index contributed by atoms with van der Waals surface area (Å²) in [5.74, 6) is -3.12. The van der Waals surface area contributed by atoms with E-state index >= 15 is 4.39 Å². The lowest BCUT2D eigenvalue weighted by atomic mass is 9.82. The minimum atomic E-state index is -1.34. The second kappa shape index (κ2) is 9.44. The number of aromatic nitrogens is 1. The molecule has 2 saturated heterocycles. The van der Waals surface area contributed by atoms with E-state index in [1.54, 1.807) is 31.4 Å². The number of aromatic carboxylic acids is 1. The number of benzene rings is 1. The summed E-state index contributed by atoms with van der Waals surface area (Å²) in [5, 5.41) is 12.4. The van der Waals surface area contributed by atoms with Crippen LogP contribution in [0.2, 0.25) is 0 Å². The Balaban J connectivity index is 1.53. The van der Waals surface area contributed by atoms with E-state index in [0.29, 0.717) is 18.7 Å². The summed E-state index contributed by atoms with van der Waals surface area (Å²) in [7, 11) is 0. The van der Waals surface area contributed by atoms with Gasteiger partial charge in [-0.3, -0.25) is 4.79 Å². The fourth-order valence-corrected chi connectivity index (χ4v) is 5.54. The van der Waals surface area contributed by atoms with E-state index in [1.807, 2.05) is 25.7 Å². The Morgan fingerprint density at radius 3 is 2.38 bits per heavy atom. The van der Waals surface area contributed by atoms with Crippen LogP contribution in [0.4, 0.5) is 14.9 Å². The van der Waals surface area contributed by atoms with Gasteiger partial charge in [0, 0.05) is 36.1 Å². The van der Waals surface area contributed by atoms with Crippen molar-refractivity contribution in [1.29, 1.82) is 0 Å². The van der Waals surface area contributed by atoms with E-state index in [4.69, 9.17) is 14.2 Å². The van der Waals surface area contributed by atoms with E-state index < -0.39 is 40.1 Å². The number of carbonyl (C=O) groups excluding carboxylic acids is 1. The lowest BCUT2D eigenvalue weighted by Gasteiger charge is -2.48. The van der Waals surface area contributed by atoms with Gasteiger partial charge in [-0.05, 0) is 45.7 Å². The number of hydrogen-bond acceptors (Lipinski definition) is 7. The standard InChI is InChI=1S/C29H38FN3O7/c1-26(2,3)40-25(37)31-12-28(6)13-32(14-29(28)38-15-27(4,5)16-39-29)22-10-21-18(9-20(22)30)23(34)19(24(35)36)11-33(21)17-7-8-17/h9-11,17H,7-8,12-16H2,1-6H3,(H,31,37)(H,35,36). The molecule has 1 saturated carbocycles. The summed E-state index contributed by atoms with van der Waals surface area (Å²) in [6.07, 6.45) is 2.49. The molecule has 0 bridgehead atoms. The second-order valence-electron chi connectivity index (χ2n) is 13.4. The maximum absolute atomic E-state index is 15.8. The highest BCUT2D eigenvalue weighted by atomic mass is 19.1. The molecule has 0 radical (unpaired) electrons. The summed E-state index contributed by atoms with van der Waals surface area (Å²) in [6, 6.07) is 2.80. The van der Waals surface area contributed by atoms with Gasteiger partial charge in [0.15, 0.2) is 5.79 Å². The van der Waals surface area contributed by atoms with Crippen molar-refractivity contribution < 1.29 is 33.3 Å². The van der Waals surface area contributed by atoms with Crippen LogP contribution in [-0.4, -0.2) is 66.0 Å². The Bertz CT molecular complexity index is 1420. The maximum Gasteiger partial charge on any atom is 0.407 e. The Morgan fingerprint density at radius 2 is 1.80 bits per heavy atom. The molecule has 40 heavy (non-hydrogen) atoms. The van der Waals surface area contributed by atoms with E-state index in [2.05, 4.69) is 5.32 Å². The van der Waals surface area contributed by atoms with Crippen LogP contribution in [0, 0.1) is 16.6 Å². The Labute approximate surface area is 232 Å². The highest BCUT2D eigenvalue weighted by Crippen LogP contribution is 2.48. The number of rotatable bonds is 5. The third kappa shape index (κ3) is 5.16. The fourth-order valence-electron chi connectivity index (χ4n) is 5.54. The van der Waals surface area contributed by atoms with Gasteiger partial charge in [-0.2, -0.15) is 0 Å². The second-order valence-corrected chi connectivity index (χ2v) is 13.4. The van der Waals surface area contributed by atoms with Gasteiger partial charge in [0.2, 0.25) is 5.43 Å². The van der Waals surface area contributed by atoms with E-state index in [0.717, 1.165) is 18.9 Å². The van der Waals surface area contributed by atoms with Crippen molar-refractivity contribution in [3.63, 3.8) is 0 Å². The first-order valence-corrected chi connectivity index (χ1v) is 13.6. The van der Waals surface area contributed by atoms with Crippen LogP contribution in [0.5, 0.6) is 0 Å². The van der Waals surface area contributed by atoms with Crippen LogP contribution in [0.15, 0.2) is 23.1 Å². The van der Waals surface area contributed by atoms with Gasteiger partial charge >= 0.3 is 12.1 Å². The third-order valence-corrected chi connectivity index (χ3v) is 7.88. The average molecular weight is 560 g/mol. The largest absolute Gasteiger partial charge is 0.477 e. The Morgan fingerprint density at radius 1 is 1.15 bits per heavy atom. The smallest absolute Gasteiger partial charge is 0.407 e. The number of halogens is 1. The average Bonchev–Trinajstić information content (AvgIpc) is 3.64. The summed E-state index contributed by atoms with van der Waals surface area (Å²) in [4.78, 5) is 39.0. The van der Waals surface area contributed by atoms with Crippen molar-refractivity contribution in [3.05, 3.63) is 39.9 Å². The van der Waals surface area contributed by atoms with Crippen molar-refractivity contribution in [1.82, 2.24) is 9.88 Å². The summed E-state index contributed by atoms with van der Waals surface area (Å²) in [5.41, 5.74) is -2.02. The van der Waals surface area contributed by atoms with Gasteiger partial charge in [0.05, 0.1) is 36.4 Å². The van der Waals surface area contributed by atoms with Gasteiger partial charge in [-0.25, -0.2) is 14.0 Å². The predicted molar refractivity (Wildman–Crippen MR) is 146 cm³/mol. The number of hydrogen-bond donors (Lipinski definition) is 2. The number of nitrogens with one attached hydrogen (secondary N) is 1. The van der Waals surface area contributed by atoms with Gasteiger partial charge in [-0.1, -0.05) is 20.8 Å². The number of nitrogens with zero attached hydrogens (tertiary/aromatic N) is 2. The van der Waals surface area contributed by atoms with E-state index in [-0.39, 0.29) is 47.7 Å². The summed E-state index contributed by atoms with van der Waals surface area (Å²) >= 11 is 0. The molecule has 11 heteroatoms. The van der Waals surface area contributed by atoms with Crippen LogP contribution < -0.4 is 15.6 Å². The summed E-state index contributed by atoms with van der Waals surface area (Å²) < 4.78 is 35.8. The first kappa shape index (κ1) is 28.4. The number of ether oxygens (including phenoxy) is 3. The molecule has 5 rings (SSSR count). The number of carbonyl (C=O) groups is 2. The molecule has 1 aliphatic carbocycles. The monoisotopic (exact) mass is 559 g/mol. The molecule has 1 unspecified atom stereocenters. The fraction of sp³-hybridized carbons (Fsp3) is 0.621. The number of carboxylic acid groups (broad SMARTS) is 1. The topological polar surface area (TPSA) is 119 Å². The molecule has 2 N–H and O–H groups in total. The molecule has 2 aromatic rings. The SMILES string of the molecule is CC1(C)COC2(CN(c3cc4c(cc3F)c(=O)c(C(=O)O)cn4C3CC3)CC2(C)CNC(=O)OC(C)(C)C)OC1. The molecule has 1 atom stereocenters. The van der Waals surface area contributed by atoms with Crippen LogP contribution in [0.3, 0.4) is 0 Å². The molecule has 218 valence electrons. The zero-order valence-corrected chi connectivity index (χ0v) is 23.9. The molecule has 1 aromatic carbocycles. The quantitative estimate of drug-likeness (QED) is 0.557. The first-order chi connectivity index (χ1) is 18.5. The van der Waals surface area contributed by atoms with Crippen LogP contribution in [0.25, 0.3) is 10.9 Å². The maximum atomic E-state index is 15.8. The van der Waals surface area contributed by atoms with Gasteiger partial charge in [-0.15, -0.1) is 0 Å². The molecule has 2 aliphatic heterocycles. The van der Waals surface area contributed by atoms with Gasteiger partial charge in [0.1, 0.15) is 17.0 Å². The molecule has 3 aliphatic rings. The van der Waals surface area contributed by atoms with Crippen molar-refractivity contribution >= 4 is 28.7 Å². The van der Waals surface area contributed by atoms with Gasteiger partial charge in [0.25, 0.3) is 0 Å². The Kier molecular flexibility index (Phi) is 6.69. The molecular formula is C29H38FN3O7. The molecule has 3 fully saturated rings. The molecule has 1 spiro atoms. The van der Waals surface area contributed by atoms with E-state index in [1.165, 1.54) is 6.20 Å². The van der Waals surface area contributed by atoms with Crippen molar-refractivity contribution in [2.75, 3.05) is 37.7 Å². The zero-order chi connectivity index (χ0) is 29.3. The number of pyridine rings is 1. The van der Waals surface area contributed by atoms with Crippen molar-refractivity contribution in [2.24, 2.45) is 10.8 Å². The minimum Gasteiger partial charge on any atom is -0.477 e. The van der Waals surface area contributed by atoms with E-state index in [9.17, 15) is 19.5 Å². The molecule has 10 nitrogen and oxygen atoms in total. The number of fused-ring (bicyclic) bond motifs is 1. The number of alkyl carbamates (subject to hydrolysis) is 1. The zero-order valence-electron chi connectivity index (χ0n) is 23.9. The molecule has 1 amide bonds. The first-order valence-electron chi connectivity index (χ1n) is 13.6. The van der Waals surface area contributed by atoms with Crippen LogP contribution in [0.1, 0.15) is 70.8 Å². The highest BCUT2D eigenvalue weighted by Gasteiger charge is 2.60. The minimum absolute atomic E-state index is 0.0308. The number of anilines is 1. The molecule has 3 heterocycles. The third-order valence-electron chi connectivity index (χ3n) is 7.88. The number of carboxylic acids is 1. The van der Waals surface area contributed by atoms with Crippen molar-refractivity contribution in [2.45, 2.75) is 71.8 Å². The predicted octanol–water partition coefficient (Wildman–Crippen LogP) is 4.29. The lowest BCUT2D eigenvalue weighted by molar-refractivity contribution is -0.325. The highest BCUT2D eigenvalue weighted by molar-refractivity contribution is 5.93. The Hall–Kier alpha value is -3.18. The van der Waals surface area contributed by atoms with Crippen LogP contribution >= 0.6 is 0 Å². The number of amides is 1. The molecular weight excluding hydrogens is 521 g/mol. The lowest BCUT2D eigenvalue weighted by Crippen LogP contribution is -2.60. The van der Waals surface area contributed by atoms with Crippen molar-refractivity contribution in [3.8, 4) is 0 Å². The normalized spacial score (nSPS) is 23.9. The van der Waals surface area contributed by atoms with Crippen LogP contribution in [-0.2, 0) is 14.2 Å².